The van der Waals surface area contributed by atoms with Crippen LogP contribution < -0.4 is 5.73 Å². The summed E-state index contributed by atoms with van der Waals surface area (Å²) in [6.45, 7) is 8.31. The molecule has 0 amide bonds. The molecule has 96 valence electrons. The summed E-state index contributed by atoms with van der Waals surface area (Å²) in [4.78, 5) is 8.72. The molecule has 4 nitrogen and oxygen atoms in total. The van der Waals surface area contributed by atoms with Crippen molar-refractivity contribution >= 4 is 21.7 Å². The van der Waals surface area contributed by atoms with Crippen LogP contribution in [0.1, 0.15) is 26.6 Å². The summed E-state index contributed by atoms with van der Waals surface area (Å²) in [5.41, 5.74) is 7.86. The Morgan fingerprint density at radius 2 is 1.94 bits per heavy atom. The minimum Gasteiger partial charge on any atom is -0.383 e. The number of hydrogen-bond donors (Lipinski definition) is 1. The van der Waals surface area contributed by atoms with Crippen LogP contribution in [0.2, 0.25) is 0 Å². The van der Waals surface area contributed by atoms with Crippen molar-refractivity contribution in [2.45, 2.75) is 33.2 Å². The molecule has 0 unspecified atom stereocenters. The summed E-state index contributed by atoms with van der Waals surface area (Å²) in [5.74, 6) is 1.59. The van der Waals surface area contributed by atoms with Crippen LogP contribution in [0.3, 0.4) is 0 Å². The zero-order valence-electron chi connectivity index (χ0n) is 11.0. The van der Waals surface area contributed by atoms with E-state index in [4.69, 9.17) is 5.73 Å². The van der Waals surface area contributed by atoms with E-state index in [1.54, 1.807) is 12.4 Å². The fourth-order valence-electron chi connectivity index (χ4n) is 2.15. The van der Waals surface area contributed by atoms with Crippen LogP contribution in [0.15, 0.2) is 22.9 Å². The van der Waals surface area contributed by atoms with E-state index < -0.39 is 0 Å². The standard InChI is InChI=1S/C13H17BrN4/c1-8-17-11(9-5-10(14)7-16-6-9)12(15)18(8)13(2,3)4/h5-7H,15H2,1-4H3. The Hall–Kier alpha value is -1.36. The van der Waals surface area contributed by atoms with Crippen molar-refractivity contribution < 1.29 is 0 Å². The second kappa shape index (κ2) is 4.39. The Balaban J connectivity index is 2.61. The molecule has 18 heavy (non-hydrogen) atoms. The number of nitrogens with zero attached hydrogens (tertiary/aromatic N) is 3. The third kappa shape index (κ3) is 2.27. The third-order valence-electron chi connectivity index (χ3n) is 2.73. The lowest BCUT2D eigenvalue weighted by atomic mass is 10.1. The number of anilines is 1. The summed E-state index contributed by atoms with van der Waals surface area (Å²) in [7, 11) is 0. The summed E-state index contributed by atoms with van der Waals surface area (Å²) in [6, 6.07) is 1.97. The molecule has 0 atom stereocenters. The van der Waals surface area contributed by atoms with Gasteiger partial charge >= 0.3 is 0 Å². The number of pyridine rings is 1. The van der Waals surface area contributed by atoms with Gasteiger partial charge in [0.1, 0.15) is 17.3 Å². The smallest absolute Gasteiger partial charge is 0.132 e. The average molecular weight is 309 g/mol. The van der Waals surface area contributed by atoms with Crippen molar-refractivity contribution in [1.29, 1.82) is 0 Å². The van der Waals surface area contributed by atoms with Gasteiger partial charge in [-0.1, -0.05) is 0 Å². The maximum atomic E-state index is 6.23. The molecule has 0 radical (unpaired) electrons. The number of aromatic nitrogens is 3. The van der Waals surface area contributed by atoms with E-state index in [2.05, 4.69) is 46.7 Å². The molecule has 0 fully saturated rings. The van der Waals surface area contributed by atoms with Gasteiger partial charge in [0, 0.05) is 28.0 Å². The van der Waals surface area contributed by atoms with Gasteiger partial charge in [-0.2, -0.15) is 0 Å². The highest BCUT2D eigenvalue weighted by molar-refractivity contribution is 9.10. The number of imidazole rings is 1. The van der Waals surface area contributed by atoms with Gasteiger partial charge in [0.2, 0.25) is 0 Å². The lowest BCUT2D eigenvalue weighted by Crippen LogP contribution is -2.24. The summed E-state index contributed by atoms with van der Waals surface area (Å²) >= 11 is 3.41. The van der Waals surface area contributed by atoms with Gasteiger partial charge in [0.15, 0.2) is 0 Å². The molecule has 2 rings (SSSR count). The minimum absolute atomic E-state index is 0.0845. The first kappa shape index (κ1) is 13.1. The van der Waals surface area contributed by atoms with E-state index in [0.717, 1.165) is 21.6 Å². The molecule has 0 spiro atoms. The van der Waals surface area contributed by atoms with Crippen LogP contribution in [0, 0.1) is 6.92 Å². The predicted octanol–water partition coefficient (Wildman–Crippen LogP) is 3.35. The van der Waals surface area contributed by atoms with Gasteiger partial charge < -0.3 is 10.3 Å². The third-order valence-corrected chi connectivity index (χ3v) is 3.16. The second-order valence-corrected chi connectivity index (χ2v) is 6.21. The first-order valence-corrected chi connectivity index (χ1v) is 6.56. The molecule has 0 saturated carbocycles. The molecule has 2 aromatic rings. The van der Waals surface area contributed by atoms with Crippen LogP contribution in [0.4, 0.5) is 5.82 Å². The van der Waals surface area contributed by atoms with Crippen LogP contribution in [-0.2, 0) is 5.54 Å². The van der Waals surface area contributed by atoms with Crippen LogP contribution in [0.5, 0.6) is 0 Å². The highest BCUT2D eigenvalue weighted by Gasteiger charge is 2.22. The van der Waals surface area contributed by atoms with E-state index in [-0.39, 0.29) is 5.54 Å². The molecule has 0 aliphatic heterocycles. The van der Waals surface area contributed by atoms with E-state index >= 15 is 0 Å². The maximum Gasteiger partial charge on any atom is 0.132 e. The largest absolute Gasteiger partial charge is 0.383 e. The molecule has 2 N–H and O–H groups in total. The summed E-state index contributed by atoms with van der Waals surface area (Å²) in [5, 5.41) is 0. The topological polar surface area (TPSA) is 56.7 Å². The van der Waals surface area contributed by atoms with E-state index in [9.17, 15) is 0 Å². The minimum atomic E-state index is -0.0845. The number of aryl methyl sites for hydroxylation is 1. The summed E-state index contributed by atoms with van der Waals surface area (Å²) in [6.07, 6.45) is 3.52. The van der Waals surface area contributed by atoms with Crippen molar-refractivity contribution in [3.8, 4) is 11.3 Å². The Labute approximate surface area is 115 Å². The monoisotopic (exact) mass is 308 g/mol. The molecule has 2 aromatic heterocycles. The van der Waals surface area contributed by atoms with Crippen molar-refractivity contribution in [3.05, 3.63) is 28.8 Å². The fourth-order valence-corrected chi connectivity index (χ4v) is 2.51. The highest BCUT2D eigenvalue weighted by atomic mass is 79.9. The number of rotatable bonds is 1. The van der Waals surface area contributed by atoms with E-state index in [1.807, 2.05) is 17.6 Å². The van der Waals surface area contributed by atoms with Gasteiger partial charge in [-0.15, -0.1) is 0 Å². The van der Waals surface area contributed by atoms with Crippen molar-refractivity contribution in [3.63, 3.8) is 0 Å². The molecular weight excluding hydrogens is 292 g/mol. The quantitative estimate of drug-likeness (QED) is 0.879. The van der Waals surface area contributed by atoms with Gasteiger partial charge in [0.25, 0.3) is 0 Å². The molecule has 0 saturated heterocycles. The molecule has 0 aromatic carbocycles. The lowest BCUT2D eigenvalue weighted by Gasteiger charge is -2.24. The SMILES string of the molecule is Cc1nc(-c2cncc(Br)c2)c(N)n1C(C)(C)C. The average Bonchev–Trinajstić information content (AvgIpc) is 2.53. The molecule has 0 bridgehead atoms. The van der Waals surface area contributed by atoms with Gasteiger partial charge in [-0.05, 0) is 49.7 Å². The number of hydrogen-bond acceptors (Lipinski definition) is 3. The van der Waals surface area contributed by atoms with Gasteiger partial charge in [-0.25, -0.2) is 4.98 Å². The normalized spacial score (nSPS) is 11.8. The van der Waals surface area contributed by atoms with E-state index in [1.165, 1.54) is 0 Å². The molecular formula is C13H17BrN4. The number of nitrogen functional groups attached to an aromatic ring is 1. The Kier molecular flexibility index (Phi) is 3.19. The maximum absolute atomic E-state index is 6.23. The second-order valence-electron chi connectivity index (χ2n) is 5.29. The Morgan fingerprint density at radius 1 is 1.28 bits per heavy atom. The zero-order valence-corrected chi connectivity index (χ0v) is 12.6. The van der Waals surface area contributed by atoms with Gasteiger partial charge in [-0.3, -0.25) is 4.98 Å². The van der Waals surface area contributed by atoms with Crippen molar-refractivity contribution in [2.24, 2.45) is 0 Å². The molecule has 0 aliphatic carbocycles. The van der Waals surface area contributed by atoms with Crippen LogP contribution in [0.25, 0.3) is 11.3 Å². The first-order chi connectivity index (χ1) is 8.30. The first-order valence-electron chi connectivity index (χ1n) is 5.77. The number of halogens is 1. The van der Waals surface area contributed by atoms with Crippen LogP contribution >= 0.6 is 15.9 Å². The molecule has 5 heteroatoms. The van der Waals surface area contributed by atoms with Crippen LogP contribution in [-0.4, -0.2) is 14.5 Å². The van der Waals surface area contributed by atoms with Gasteiger partial charge in [0.05, 0.1) is 0 Å². The zero-order chi connectivity index (χ0) is 13.5. The highest BCUT2D eigenvalue weighted by Crippen LogP contribution is 2.31. The fraction of sp³-hybridized carbons (Fsp3) is 0.385. The lowest BCUT2D eigenvalue weighted by molar-refractivity contribution is 0.393. The number of nitrogens with two attached hydrogens (primary N) is 1. The molecule has 2 heterocycles. The summed E-state index contributed by atoms with van der Waals surface area (Å²) < 4.78 is 2.96. The predicted molar refractivity (Wildman–Crippen MR) is 77.3 cm³/mol. The van der Waals surface area contributed by atoms with Crippen molar-refractivity contribution in [2.75, 3.05) is 5.73 Å². The van der Waals surface area contributed by atoms with E-state index in [0.29, 0.717) is 5.82 Å². The van der Waals surface area contributed by atoms with Crippen molar-refractivity contribution in [1.82, 2.24) is 14.5 Å². The molecule has 0 aliphatic rings. The Bertz CT molecular complexity index is 581. The Morgan fingerprint density at radius 3 is 2.44 bits per heavy atom.